The first-order valence-corrected chi connectivity index (χ1v) is 13.2. The molecule has 0 fully saturated rings. The monoisotopic (exact) mass is 498 g/mol. The van der Waals surface area contributed by atoms with Crippen LogP contribution in [0.2, 0.25) is 0 Å². The Morgan fingerprint density at radius 1 is 1.03 bits per heavy atom. The van der Waals surface area contributed by atoms with Crippen LogP contribution in [0, 0.1) is 0 Å². The summed E-state index contributed by atoms with van der Waals surface area (Å²) in [6.45, 7) is 15.8. The lowest BCUT2D eigenvalue weighted by molar-refractivity contribution is 0.221. The molecule has 194 valence electrons. The molecular formula is C32H39FN4. The summed E-state index contributed by atoms with van der Waals surface area (Å²) in [6, 6.07) is 20.1. The fourth-order valence-electron chi connectivity index (χ4n) is 4.75. The Morgan fingerprint density at radius 2 is 1.78 bits per heavy atom. The maximum absolute atomic E-state index is 14.7. The minimum absolute atomic E-state index is 0.642. The Labute approximate surface area is 221 Å². The van der Waals surface area contributed by atoms with Crippen molar-refractivity contribution in [3.63, 3.8) is 0 Å². The minimum atomic E-state index is -1.42. The van der Waals surface area contributed by atoms with E-state index in [1.165, 1.54) is 0 Å². The first kappa shape index (κ1) is 26.5. The average Bonchev–Trinajstić information content (AvgIpc) is 2.87. The van der Waals surface area contributed by atoms with Crippen molar-refractivity contribution >= 4 is 22.8 Å². The number of nitrogens with zero attached hydrogens (tertiary/aromatic N) is 3. The zero-order chi connectivity index (χ0) is 26.6. The van der Waals surface area contributed by atoms with Crippen LogP contribution in [-0.2, 0) is 5.67 Å². The van der Waals surface area contributed by atoms with Gasteiger partial charge in [-0.3, -0.25) is 0 Å². The van der Waals surface area contributed by atoms with Gasteiger partial charge in [-0.15, -0.1) is 0 Å². The molecule has 0 unspecified atom stereocenters. The molecule has 0 atom stereocenters. The first-order valence-electron chi connectivity index (χ1n) is 13.2. The molecule has 3 aromatic rings. The molecule has 1 aliphatic rings. The highest BCUT2D eigenvalue weighted by Crippen LogP contribution is 2.35. The van der Waals surface area contributed by atoms with Crippen LogP contribution in [0.4, 0.5) is 21.6 Å². The van der Waals surface area contributed by atoms with Gasteiger partial charge in [0.25, 0.3) is 0 Å². The maximum atomic E-state index is 14.7. The Bertz CT molecular complexity index is 1270. The number of fused-ring (bicyclic) bond motifs is 1. The zero-order valence-corrected chi connectivity index (χ0v) is 22.6. The van der Waals surface area contributed by atoms with Gasteiger partial charge in [-0.1, -0.05) is 56.8 Å². The van der Waals surface area contributed by atoms with E-state index in [1.54, 1.807) is 13.8 Å². The smallest absolute Gasteiger partial charge is 0.158 e. The van der Waals surface area contributed by atoms with Crippen molar-refractivity contribution in [2.24, 2.45) is 0 Å². The van der Waals surface area contributed by atoms with Gasteiger partial charge in [0, 0.05) is 31.4 Å². The van der Waals surface area contributed by atoms with E-state index in [0.29, 0.717) is 5.56 Å². The highest BCUT2D eigenvalue weighted by molar-refractivity contribution is 5.76. The Morgan fingerprint density at radius 3 is 2.54 bits per heavy atom. The molecule has 2 heterocycles. The van der Waals surface area contributed by atoms with Crippen molar-refractivity contribution in [1.29, 1.82) is 0 Å². The summed E-state index contributed by atoms with van der Waals surface area (Å²) in [6.07, 6.45) is 4.15. The van der Waals surface area contributed by atoms with Crippen LogP contribution in [0.3, 0.4) is 0 Å². The Hall–Kier alpha value is -3.60. The number of pyridine rings is 1. The number of rotatable bonds is 8. The normalized spacial score (nSPS) is 14.0. The Kier molecular flexibility index (Phi) is 8.01. The standard InChI is InChI=1S/C32H39FN4/c1-7-12-23(2)25-13-11-16-28(22-25)34-24(3)37-20-9-8-19-36(6)30-18-17-29(35-31(30)37)26-14-10-15-27(21-26)32(4,5)33/h10-11,13-18,21-22,34H,2-3,7-9,12,19-20H2,1,4-6H3. The van der Waals surface area contributed by atoms with Crippen LogP contribution in [-0.4, -0.2) is 25.1 Å². The van der Waals surface area contributed by atoms with E-state index < -0.39 is 5.67 Å². The second kappa shape index (κ2) is 11.2. The van der Waals surface area contributed by atoms with E-state index in [-0.39, 0.29) is 0 Å². The van der Waals surface area contributed by atoms with Gasteiger partial charge in [0.1, 0.15) is 11.5 Å². The number of nitrogens with one attached hydrogen (secondary N) is 1. The number of benzene rings is 2. The number of allylic oxidation sites excluding steroid dienone is 1. The Balaban J connectivity index is 1.69. The molecule has 0 aliphatic carbocycles. The van der Waals surface area contributed by atoms with E-state index in [9.17, 15) is 4.39 Å². The predicted octanol–water partition coefficient (Wildman–Crippen LogP) is 8.39. The molecule has 1 aliphatic heterocycles. The largest absolute Gasteiger partial charge is 0.372 e. The first-order chi connectivity index (χ1) is 17.7. The summed E-state index contributed by atoms with van der Waals surface area (Å²) in [4.78, 5) is 9.54. The molecule has 0 saturated heterocycles. The number of hydrogen-bond acceptors (Lipinski definition) is 4. The van der Waals surface area contributed by atoms with Gasteiger partial charge in [-0.25, -0.2) is 9.37 Å². The van der Waals surface area contributed by atoms with Crippen molar-refractivity contribution < 1.29 is 4.39 Å². The molecule has 0 saturated carbocycles. The lowest BCUT2D eigenvalue weighted by atomic mass is 9.97. The van der Waals surface area contributed by atoms with E-state index in [2.05, 4.69) is 72.6 Å². The maximum Gasteiger partial charge on any atom is 0.158 e. The van der Waals surface area contributed by atoms with Crippen molar-refractivity contribution in [3.8, 4) is 11.3 Å². The molecule has 0 radical (unpaired) electrons. The molecule has 0 spiro atoms. The lowest BCUT2D eigenvalue weighted by Crippen LogP contribution is -2.33. The SMILES string of the molecule is C=C(CCC)c1cccc(NC(=C)N2CCCCN(C)c3ccc(-c4cccc(C(C)(C)F)c4)nc32)c1. The van der Waals surface area contributed by atoms with Crippen molar-refractivity contribution in [3.05, 3.63) is 90.8 Å². The topological polar surface area (TPSA) is 31.4 Å². The molecule has 5 heteroatoms. The van der Waals surface area contributed by atoms with Crippen LogP contribution >= 0.6 is 0 Å². The highest BCUT2D eigenvalue weighted by Gasteiger charge is 2.23. The van der Waals surface area contributed by atoms with Crippen LogP contribution in [0.1, 0.15) is 57.6 Å². The van der Waals surface area contributed by atoms with Crippen molar-refractivity contribution in [2.75, 3.05) is 35.3 Å². The summed E-state index contributed by atoms with van der Waals surface area (Å²) >= 11 is 0. The van der Waals surface area contributed by atoms with Gasteiger partial charge in [-0.05, 0) is 80.1 Å². The van der Waals surface area contributed by atoms with Gasteiger partial charge < -0.3 is 15.1 Å². The third-order valence-corrected chi connectivity index (χ3v) is 6.93. The van der Waals surface area contributed by atoms with Gasteiger partial charge in [-0.2, -0.15) is 0 Å². The molecule has 1 aromatic heterocycles. The summed E-state index contributed by atoms with van der Waals surface area (Å²) < 4.78 is 14.7. The highest BCUT2D eigenvalue weighted by atomic mass is 19.1. The fraction of sp³-hybridized carbons (Fsp3) is 0.344. The minimum Gasteiger partial charge on any atom is -0.372 e. The van der Waals surface area contributed by atoms with Crippen LogP contribution < -0.4 is 15.1 Å². The predicted molar refractivity (Wildman–Crippen MR) is 157 cm³/mol. The van der Waals surface area contributed by atoms with Crippen molar-refractivity contribution in [2.45, 2.75) is 52.1 Å². The zero-order valence-electron chi connectivity index (χ0n) is 22.6. The van der Waals surface area contributed by atoms with Gasteiger partial charge in [0.15, 0.2) is 5.82 Å². The second-order valence-electron chi connectivity index (χ2n) is 10.4. The van der Waals surface area contributed by atoms with Crippen molar-refractivity contribution in [1.82, 2.24) is 4.98 Å². The molecule has 0 amide bonds. The molecule has 0 bridgehead atoms. The third kappa shape index (κ3) is 6.22. The number of halogens is 1. The number of anilines is 3. The molecule has 4 rings (SSSR count). The van der Waals surface area contributed by atoms with Crippen LogP contribution in [0.5, 0.6) is 0 Å². The number of hydrogen-bond donors (Lipinski definition) is 1. The molecule has 37 heavy (non-hydrogen) atoms. The molecule has 4 nitrogen and oxygen atoms in total. The second-order valence-corrected chi connectivity index (χ2v) is 10.4. The summed E-state index contributed by atoms with van der Waals surface area (Å²) in [5.41, 5.74) is 5.25. The van der Waals surface area contributed by atoms with Crippen LogP contribution in [0.15, 0.2) is 79.6 Å². The number of alkyl halides is 1. The quantitative estimate of drug-likeness (QED) is 0.338. The molecule has 1 N–H and O–H groups in total. The third-order valence-electron chi connectivity index (χ3n) is 6.93. The van der Waals surface area contributed by atoms with Gasteiger partial charge in [0.05, 0.1) is 11.4 Å². The summed E-state index contributed by atoms with van der Waals surface area (Å²) in [5, 5.41) is 3.52. The summed E-state index contributed by atoms with van der Waals surface area (Å²) in [7, 11) is 2.11. The van der Waals surface area contributed by atoms with Gasteiger partial charge >= 0.3 is 0 Å². The fourth-order valence-corrected chi connectivity index (χ4v) is 4.75. The van der Waals surface area contributed by atoms with E-state index >= 15 is 0 Å². The molecule has 2 aromatic carbocycles. The lowest BCUT2D eigenvalue weighted by Gasteiger charge is -2.34. The summed E-state index contributed by atoms with van der Waals surface area (Å²) in [5.74, 6) is 1.63. The average molecular weight is 499 g/mol. The molecular weight excluding hydrogens is 459 g/mol. The number of aromatic nitrogens is 1. The van der Waals surface area contributed by atoms with Crippen LogP contribution in [0.25, 0.3) is 16.8 Å². The van der Waals surface area contributed by atoms with Gasteiger partial charge in [0.2, 0.25) is 0 Å². The van der Waals surface area contributed by atoms with E-state index in [4.69, 9.17) is 4.98 Å². The van der Waals surface area contributed by atoms with E-state index in [0.717, 1.165) is 84.2 Å². The van der Waals surface area contributed by atoms with E-state index in [1.807, 2.05) is 30.3 Å².